The fourth-order valence-electron chi connectivity index (χ4n) is 0. The average Bonchev–Trinajstić information content (AvgIpc) is 0.722. The van der Waals surface area contributed by atoms with E-state index in [0.717, 1.165) is 0 Å². The van der Waals surface area contributed by atoms with Crippen molar-refractivity contribution in [2.24, 2.45) is 5.14 Å². The molecule has 6 nitrogen and oxygen atoms in total. The summed E-state index contributed by atoms with van der Waals surface area (Å²) in [6.45, 7) is 0. The minimum absolute atomic E-state index is 0. The van der Waals surface area contributed by atoms with Gasteiger partial charge < -0.3 is 11.0 Å². The van der Waals surface area contributed by atoms with Crippen LogP contribution in [0.2, 0.25) is 0 Å². The fourth-order valence-corrected chi connectivity index (χ4v) is 0. The molecule has 0 saturated heterocycles. The van der Waals surface area contributed by atoms with E-state index in [1.54, 1.807) is 0 Å². The topological polar surface area (TPSA) is 137 Å². The van der Waals surface area contributed by atoms with E-state index in [0.29, 0.717) is 0 Å². The van der Waals surface area contributed by atoms with Gasteiger partial charge in [0.05, 0.1) is 0 Å². The predicted octanol–water partition coefficient (Wildman–Crippen LogP) is -1.49. The van der Waals surface area contributed by atoms with Gasteiger partial charge in [0.25, 0.3) is 0 Å². The number of rotatable bonds is 0. The smallest absolute Gasteiger partial charge is 2.00 e. The Labute approximate surface area is 57.0 Å². The minimum atomic E-state index is -4.17. The molecule has 0 aromatic rings. The van der Waals surface area contributed by atoms with E-state index in [1.165, 1.54) is 0 Å². The first kappa shape index (κ1) is 23.9. The van der Waals surface area contributed by atoms with Crippen LogP contribution in [0.5, 0.6) is 0 Å². The molecule has 0 aromatic carbocycles. The van der Waals surface area contributed by atoms with Crippen LogP contribution in [0.25, 0.3) is 0 Å². The van der Waals surface area contributed by atoms with Gasteiger partial charge in [0.1, 0.15) is 0 Å². The first-order valence-corrected chi connectivity index (χ1v) is 2.25. The SMILES string of the molecule is NS(=O)(=O)O.[Mn+4].[O-2].[O-2]. The normalized spacial score (nSPS) is 7.25. The van der Waals surface area contributed by atoms with Gasteiger partial charge in [-0.15, -0.1) is 0 Å². The molecule has 3 N–H and O–H groups in total. The molecule has 0 saturated carbocycles. The molecule has 1 radical (unpaired) electrons. The summed E-state index contributed by atoms with van der Waals surface area (Å²) in [5.41, 5.74) is 0. The van der Waals surface area contributed by atoms with Crippen molar-refractivity contribution >= 4 is 10.3 Å². The molecule has 0 atom stereocenters. The Morgan fingerprint density at radius 1 is 1.25 bits per heavy atom. The molecule has 8 heavy (non-hydrogen) atoms. The largest absolute Gasteiger partial charge is 4.00 e. The molecule has 0 aromatic heterocycles. The molecule has 8 heteroatoms. The number of nitrogens with two attached hydrogens (primary N) is 1. The minimum Gasteiger partial charge on any atom is -2.00 e. The van der Waals surface area contributed by atoms with Gasteiger partial charge in [-0.2, -0.15) is 8.42 Å². The molecule has 0 unspecified atom stereocenters. The van der Waals surface area contributed by atoms with Crippen molar-refractivity contribution in [2.75, 3.05) is 0 Å². The standard InChI is InChI=1S/Mn.H3NO3S.2O/c;1-5(2,3)4;;/h;(H3,1,2,3,4);;/q+4;;2*-2. The fraction of sp³-hybridized carbons (Fsp3) is 0. The third-order valence-corrected chi connectivity index (χ3v) is 0. The van der Waals surface area contributed by atoms with Crippen LogP contribution in [0.15, 0.2) is 0 Å². The maximum Gasteiger partial charge on any atom is 4.00 e. The molecule has 0 spiro atoms. The second kappa shape index (κ2) is 7.31. The van der Waals surface area contributed by atoms with Crippen LogP contribution >= 0.6 is 0 Å². The average molecular weight is 184 g/mol. The van der Waals surface area contributed by atoms with Gasteiger partial charge in [-0.3, -0.25) is 4.55 Å². The van der Waals surface area contributed by atoms with E-state index in [1.807, 2.05) is 0 Å². The van der Waals surface area contributed by atoms with E-state index in [4.69, 9.17) is 13.0 Å². The van der Waals surface area contributed by atoms with Crippen LogP contribution in [0.3, 0.4) is 0 Å². The van der Waals surface area contributed by atoms with Crippen molar-refractivity contribution in [3.05, 3.63) is 0 Å². The van der Waals surface area contributed by atoms with Crippen LogP contribution in [0.1, 0.15) is 0 Å². The van der Waals surface area contributed by atoms with Crippen LogP contribution in [0.4, 0.5) is 0 Å². The van der Waals surface area contributed by atoms with Crippen molar-refractivity contribution in [2.45, 2.75) is 0 Å². The number of hydrogen-bond donors (Lipinski definition) is 2. The Balaban J connectivity index is -0.0000000267. The molecule has 0 aliphatic heterocycles. The summed E-state index contributed by atoms with van der Waals surface area (Å²) in [6.07, 6.45) is 0. The van der Waals surface area contributed by atoms with Gasteiger partial charge in [0, 0.05) is 0 Å². The van der Waals surface area contributed by atoms with E-state index in [-0.39, 0.29) is 28.0 Å². The summed E-state index contributed by atoms with van der Waals surface area (Å²) >= 11 is 0. The molecule has 0 heterocycles. The second-order valence-electron chi connectivity index (χ2n) is 0.515. The van der Waals surface area contributed by atoms with Crippen LogP contribution in [-0.4, -0.2) is 13.0 Å². The van der Waals surface area contributed by atoms with Gasteiger partial charge >= 0.3 is 27.4 Å². The maximum atomic E-state index is 8.97. The zero-order valence-electron chi connectivity index (χ0n) is 3.44. The summed E-state index contributed by atoms with van der Waals surface area (Å²) in [5, 5.41) is 3.88. The molecule has 0 aliphatic carbocycles. The molecule has 0 amide bonds. The van der Waals surface area contributed by atoms with E-state index >= 15 is 0 Å². The Bertz CT molecular complexity index is 95.6. The summed E-state index contributed by atoms with van der Waals surface area (Å²) in [7, 11) is -4.17. The predicted molar refractivity (Wildman–Crippen MR) is 17.1 cm³/mol. The molecule has 0 bridgehead atoms. The summed E-state index contributed by atoms with van der Waals surface area (Å²) in [5.74, 6) is 0. The Kier molecular flexibility index (Phi) is 21.8. The summed E-state index contributed by atoms with van der Waals surface area (Å²) < 4.78 is 25.2. The zero-order valence-corrected chi connectivity index (χ0v) is 5.44. The molecular formula is H3MnNO5S. The quantitative estimate of drug-likeness (QED) is 0.350. The van der Waals surface area contributed by atoms with E-state index < -0.39 is 10.3 Å². The van der Waals surface area contributed by atoms with Crippen molar-refractivity contribution in [3.63, 3.8) is 0 Å². The van der Waals surface area contributed by atoms with Gasteiger partial charge in [0.2, 0.25) is 0 Å². The summed E-state index contributed by atoms with van der Waals surface area (Å²) in [4.78, 5) is 0. The van der Waals surface area contributed by atoms with Crippen LogP contribution in [-0.2, 0) is 38.3 Å². The molecule has 0 rings (SSSR count). The monoisotopic (exact) mass is 184 g/mol. The van der Waals surface area contributed by atoms with Gasteiger partial charge in [0.15, 0.2) is 0 Å². The van der Waals surface area contributed by atoms with Crippen molar-refractivity contribution in [1.82, 2.24) is 0 Å². The Morgan fingerprint density at radius 3 is 1.25 bits per heavy atom. The maximum absolute atomic E-state index is 8.97. The van der Waals surface area contributed by atoms with Crippen molar-refractivity contribution < 1.29 is 41.0 Å². The Hall–Kier alpha value is 0.309. The van der Waals surface area contributed by atoms with Crippen molar-refractivity contribution in [3.8, 4) is 0 Å². The third-order valence-electron chi connectivity index (χ3n) is 0. The zero-order chi connectivity index (χ0) is 4.50. The van der Waals surface area contributed by atoms with Crippen LogP contribution < -0.4 is 5.14 Å². The van der Waals surface area contributed by atoms with Gasteiger partial charge in [-0.1, -0.05) is 0 Å². The first-order chi connectivity index (χ1) is 2.00. The van der Waals surface area contributed by atoms with E-state index in [9.17, 15) is 0 Å². The first-order valence-electron chi connectivity index (χ1n) is 0.752. The number of hydrogen-bond acceptors (Lipinski definition) is 2. The van der Waals surface area contributed by atoms with Crippen LogP contribution in [0, 0.1) is 0 Å². The second-order valence-corrected chi connectivity index (χ2v) is 1.54. The Morgan fingerprint density at radius 2 is 1.25 bits per heavy atom. The van der Waals surface area contributed by atoms with Gasteiger partial charge in [-0.05, 0) is 0 Å². The molecule has 51 valence electrons. The van der Waals surface area contributed by atoms with E-state index in [2.05, 4.69) is 5.14 Å². The molecule has 0 fully saturated rings. The summed E-state index contributed by atoms with van der Waals surface area (Å²) in [6, 6.07) is 0. The molecule has 0 aliphatic rings. The van der Waals surface area contributed by atoms with Crippen molar-refractivity contribution in [1.29, 1.82) is 0 Å². The molecular weight excluding hydrogens is 181 g/mol. The third kappa shape index (κ3) is 1860. The van der Waals surface area contributed by atoms with Gasteiger partial charge in [-0.25, -0.2) is 5.14 Å².